The molecule has 1 unspecified atom stereocenters. The van der Waals surface area contributed by atoms with Gasteiger partial charge in [0.2, 0.25) is 0 Å². The van der Waals surface area contributed by atoms with Crippen molar-refractivity contribution in [1.29, 1.82) is 10.5 Å². The SMILES string of the molecule is CCOC(=O)C(C(c1ccccc1)C(C#N)C#N)=P(c1ccccc1)(c1ccccc1)c1ccccc1. The quantitative estimate of drug-likeness (QED) is 0.246. The van der Waals surface area contributed by atoms with Gasteiger partial charge in [-0.15, -0.1) is 0 Å². The zero-order valence-electron chi connectivity index (χ0n) is 20.6. The highest BCUT2D eigenvalue weighted by Crippen LogP contribution is 2.50. The fourth-order valence-corrected chi connectivity index (χ4v) is 9.48. The van der Waals surface area contributed by atoms with Crippen LogP contribution in [0.4, 0.5) is 0 Å². The minimum Gasteiger partial charge on any atom is -0.463 e. The molecule has 0 bridgehead atoms. The first-order chi connectivity index (χ1) is 18.2. The van der Waals surface area contributed by atoms with Crippen molar-refractivity contribution in [2.75, 3.05) is 6.61 Å². The molecule has 0 aromatic heterocycles. The van der Waals surface area contributed by atoms with Crippen LogP contribution in [-0.2, 0) is 9.53 Å². The van der Waals surface area contributed by atoms with E-state index in [1.54, 1.807) is 6.92 Å². The molecular formula is C32H27N2O2P. The van der Waals surface area contributed by atoms with Crippen molar-refractivity contribution in [2.24, 2.45) is 5.92 Å². The summed E-state index contributed by atoms with van der Waals surface area (Å²) >= 11 is 0. The maximum absolute atomic E-state index is 14.2. The van der Waals surface area contributed by atoms with Crippen molar-refractivity contribution in [3.05, 3.63) is 127 Å². The van der Waals surface area contributed by atoms with Crippen molar-refractivity contribution in [3.8, 4) is 12.1 Å². The van der Waals surface area contributed by atoms with Crippen LogP contribution in [0, 0.1) is 28.6 Å². The Bertz CT molecular complexity index is 1350. The predicted molar refractivity (Wildman–Crippen MR) is 151 cm³/mol. The first kappa shape index (κ1) is 25.7. The third-order valence-electron chi connectivity index (χ3n) is 6.34. The van der Waals surface area contributed by atoms with Gasteiger partial charge in [-0.3, -0.25) is 0 Å². The van der Waals surface area contributed by atoms with Gasteiger partial charge in [-0.05, 0) is 35.3 Å². The zero-order valence-corrected chi connectivity index (χ0v) is 21.5. The van der Waals surface area contributed by atoms with Crippen molar-refractivity contribution < 1.29 is 9.53 Å². The second-order valence-electron chi connectivity index (χ2n) is 8.41. The van der Waals surface area contributed by atoms with Gasteiger partial charge in [0.05, 0.1) is 24.0 Å². The van der Waals surface area contributed by atoms with Crippen LogP contribution < -0.4 is 15.9 Å². The second-order valence-corrected chi connectivity index (χ2v) is 11.8. The Kier molecular flexibility index (Phi) is 8.37. The van der Waals surface area contributed by atoms with E-state index < -0.39 is 24.7 Å². The number of nitrogens with zero attached hydrogens (tertiary/aromatic N) is 2. The van der Waals surface area contributed by atoms with E-state index in [9.17, 15) is 15.3 Å². The molecule has 0 aliphatic heterocycles. The summed E-state index contributed by atoms with van der Waals surface area (Å²) in [7, 11) is 0. The van der Waals surface area contributed by atoms with Gasteiger partial charge >= 0.3 is 5.97 Å². The first-order valence-electron chi connectivity index (χ1n) is 12.1. The molecule has 4 aromatic carbocycles. The Labute approximate surface area is 218 Å². The molecular weight excluding hydrogens is 475 g/mol. The number of carbonyl (C=O) groups excluding carboxylic acids is 1. The minimum atomic E-state index is -2.91. The van der Waals surface area contributed by atoms with Crippen molar-refractivity contribution in [1.82, 2.24) is 0 Å². The van der Waals surface area contributed by atoms with E-state index in [0.717, 1.165) is 21.5 Å². The van der Waals surface area contributed by atoms with Gasteiger partial charge in [-0.2, -0.15) is 10.5 Å². The van der Waals surface area contributed by atoms with E-state index in [1.807, 2.05) is 121 Å². The molecule has 4 nitrogen and oxygen atoms in total. The Balaban J connectivity index is 2.34. The van der Waals surface area contributed by atoms with E-state index in [1.165, 1.54) is 0 Å². The normalized spacial score (nSPS) is 11.7. The molecule has 5 heteroatoms. The third kappa shape index (κ3) is 4.99. The summed E-state index contributed by atoms with van der Waals surface area (Å²) in [6.45, 7) is -0.968. The number of ether oxygens (including phenoxy) is 1. The lowest BCUT2D eigenvalue weighted by atomic mass is 9.85. The Morgan fingerprint density at radius 3 is 1.43 bits per heavy atom. The summed E-state index contributed by atoms with van der Waals surface area (Å²) in [4.78, 5) is 14.2. The molecule has 0 saturated heterocycles. The van der Waals surface area contributed by atoms with E-state index in [-0.39, 0.29) is 6.61 Å². The fourth-order valence-electron chi connectivity index (χ4n) is 4.84. The lowest BCUT2D eigenvalue weighted by molar-refractivity contribution is -0.135. The van der Waals surface area contributed by atoms with Gasteiger partial charge in [0.1, 0.15) is 5.92 Å². The standard InChI is InChI=1S/C32H27N2O2P/c1-2-36-32(35)31(30(26(23-33)24-34)25-15-7-3-8-16-25)37(27-17-9-4-10-18-27,28-19-11-5-12-20-28)29-21-13-6-14-22-29/h3-22,26,30H,2H2,1H3. The number of nitriles is 2. The molecule has 0 heterocycles. The lowest BCUT2D eigenvalue weighted by Crippen LogP contribution is -2.39. The van der Waals surface area contributed by atoms with Crippen molar-refractivity contribution >= 4 is 34.1 Å². The third-order valence-corrected chi connectivity index (χ3v) is 10.7. The summed E-state index contributed by atoms with van der Waals surface area (Å²) in [6.07, 6.45) is 0. The molecule has 0 radical (unpaired) electrons. The highest BCUT2D eigenvalue weighted by atomic mass is 31.2. The summed E-state index contributed by atoms with van der Waals surface area (Å²) in [6, 6.07) is 43.5. The molecule has 0 aliphatic carbocycles. The van der Waals surface area contributed by atoms with Crippen LogP contribution in [0.2, 0.25) is 0 Å². The zero-order chi connectivity index (χ0) is 26.1. The highest BCUT2D eigenvalue weighted by molar-refractivity contribution is 7.96. The van der Waals surface area contributed by atoms with Gasteiger partial charge in [-0.1, -0.05) is 121 Å². The van der Waals surface area contributed by atoms with Crippen LogP contribution in [0.25, 0.3) is 0 Å². The summed E-state index contributed by atoms with van der Waals surface area (Å²) < 4.78 is 5.75. The second kappa shape index (κ2) is 12.0. The predicted octanol–water partition coefficient (Wildman–Crippen LogP) is 5.16. The number of hydrogen-bond acceptors (Lipinski definition) is 4. The molecule has 182 valence electrons. The molecule has 0 amide bonds. The van der Waals surface area contributed by atoms with E-state index >= 15 is 0 Å². The molecule has 0 N–H and O–H groups in total. The maximum atomic E-state index is 14.2. The Morgan fingerprint density at radius 1 is 0.703 bits per heavy atom. The molecule has 0 saturated carbocycles. The number of benzene rings is 4. The molecule has 4 rings (SSSR count). The number of rotatable bonds is 8. The highest BCUT2D eigenvalue weighted by Gasteiger charge is 2.41. The minimum absolute atomic E-state index is 0.173. The van der Waals surface area contributed by atoms with Crippen LogP contribution in [0.5, 0.6) is 0 Å². The molecule has 0 fully saturated rings. The topological polar surface area (TPSA) is 73.9 Å². The molecule has 4 aromatic rings. The van der Waals surface area contributed by atoms with E-state index in [4.69, 9.17) is 4.74 Å². The van der Waals surface area contributed by atoms with Gasteiger partial charge in [0.25, 0.3) is 0 Å². The number of hydrogen-bond donors (Lipinski definition) is 0. The van der Waals surface area contributed by atoms with E-state index in [2.05, 4.69) is 12.1 Å². The van der Waals surface area contributed by atoms with Crippen LogP contribution in [0.15, 0.2) is 121 Å². The Morgan fingerprint density at radius 2 is 1.08 bits per heavy atom. The van der Waals surface area contributed by atoms with Gasteiger partial charge < -0.3 is 4.74 Å². The lowest BCUT2D eigenvalue weighted by Gasteiger charge is -2.35. The van der Waals surface area contributed by atoms with Gasteiger partial charge in [-0.25, -0.2) is 4.79 Å². The fraction of sp³-hybridized carbons (Fsp3) is 0.125. The van der Waals surface area contributed by atoms with E-state index in [0.29, 0.717) is 5.29 Å². The molecule has 0 spiro atoms. The van der Waals surface area contributed by atoms with Crippen LogP contribution in [-0.4, -0.2) is 17.9 Å². The van der Waals surface area contributed by atoms with Crippen LogP contribution >= 0.6 is 6.89 Å². The number of carbonyl (C=O) groups is 1. The average molecular weight is 503 g/mol. The number of esters is 1. The van der Waals surface area contributed by atoms with Crippen LogP contribution in [0.3, 0.4) is 0 Å². The summed E-state index contributed by atoms with van der Waals surface area (Å²) in [5.74, 6) is -2.39. The van der Waals surface area contributed by atoms with Crippen molar-refractivity contribution in [2.45, 2.75) is 12.8 Å². The molecule has 0 aliphatic rings. The summed E-state index contributed by atoms with van der Waals surface area (Å²) in [5, 5.41) is 23.6. The van der Waals surface area contributed by atoms with Crippen molar-refractivity contribution in [3.63, 3.8) is 0 Å². The maximum Gasteiger partial charge on any atom is 0.335 e. The average Bonchev–Trinajstić information content (AvgIpc) is 2.97. The molecule has 37 heavy (non-hydrogen) atoms. The monoisotopic (exact) mass is 502 g/mol. The largest absolute Gasteiger partial charge is 0.463 e. The van der Waals surface area contributed by atoms with Gasteiger partial charge in [0.15, 0.2) is 0 Å². The first-order valence-corrected chi connectivity index (χ1v) is 13.9. The smallest absolute Gasteiger partial charge is 0.335 e. The summed E-state index contributed by atoms with van der Waals surface area (Å²) in [5.41, 5.74) is 0.728. The Hall–Kier alpha value is -4.37. The van der Waals surface area contributed by atoms with Gasteiger partial charge in [0, 0.05) is 5.92 Å². The molecule has 1 atom stereocenters. The van der Waals surface area contributed by atoms with Crippen LogP contribution in [0.1, 0.15) is 18.4 Å².